The molecule has 0 bridgehead atoms. The molecule has 0 atom stereocenters. The molecule has 0 aliphatic carbocycles. The lowest BCUT2D eigenvalue weighted by atomic mass is 10.2. The SMILES string of the molecule is COc1cc(Nc2ncc(C(N)=O)cn2)cc(OC)c1OC. The Morgan fingerprint density at radius 2 is 1.59 bits per heavy atom. The van der Waals surface area contributed by atoms with Crippen LogP contribution in [0.25, 0.3) is 0 Å². The van der Waals surface area contributed by atoms with Crippen LogP contribution in [0.1, 0.15) is 10.4 Å². The number of nitrogens with one attached hydrogen (secondary N) is 1. The Bertz CT molecular complexity index is 648. The number of carbonyl (C=O) groups is 1. The van der Waals surface area contributed by atoms with Crippen molar-refractivity contribution in [2.75, 3.05) is 26.6 Å². The Kier molecular flexibility index (Phi) is 4.62. The molecular formula is C14H16N4O4. The highest BCUT2D eigenvalue weighted by atomic mass is 16.5. The summed E-state index contributed by atoms with van der Waals surface area (Å²) in [7, 11) is 4.58. The van der Waals surface area contributed by atoms with Crippen molar-refractivity contribution >= 4 is 17.5 Å². The van der Waals surface area contributed by atoms with Gasteiger partial charge in [0, 0.05) is 30.2 Å². The van der Waals surface area contributed by atoms with E-state index < -0.39 is 5.91 Å². The Balaban J connectivity index is 2.30. The van der Waals surface area contributed by atoms with Crippen molar-refractivity contribution in [1.82, 2.24) is 9.97 Å². The molecule has 1 aromatic heterocycles. The lowest BCUT2D eigenvalue weighted by Crippen LogP contribution is -2.12. The second-order valence-corrected chi connectivity index (χ2v) is 4.20. The standard InChI is InChI=1S/C14H16N4O4/c1-20-10-4-9(5-11(21-2)12(10)22-3)18-14-16-6-8(7-17-14)13(15)19/h4-7H,1-3H3,(H2,15,19)(H,16,17,18). The fourth-order valence-electron chi connectivity index (χ4n) is 1.80. The van der Waals surface area contributed by atoms with Gasteiger partial charge in [-0.1, -0.05) is 0 Å². The number of nitrogens with zero attached hydrogens (tertiary/aromatic N) is 2. The number of anilines is 2. The average molecular weight is 304 g/mol. The van der Waals surface area contributed by atoms with Crippen molar-refractivity contribution in [3.8, 4) is 17.2 Å². The van der Waals surface area contributed by atoms with Gasteiger partial charge < -0.3 is 25.3 Å². The number of primary amides is 1. The normalized spacial score (nSPS) is 9.95. The number of aromatic nitrogens is 2. The Morgan fingerprint density at radius 1 is 1.05 bits per heavy atom. The highest BCUT2D eigenvalue weighted by Crippen LogP contribution is 2.40. The number of carbonyl (C=O) groups excluding carboxylic acids is 1. The smallest absolute Gasteiger partial charge is 0.251 e. The predicted octanol–water partition coefficient (Wildman–Crippen LogP) is 1.34. The third-order valence-electron chi connectivity index (χ3n) is 2.86. The molecule has 8 nitrogen and oxygen atoms in total. The largest absolute Gasteiger partial charge is 0.493 e. The zero-order valence-corrected chi connectivity index (χ0v) is 12.4. The van der Waals surface area contributed by atoms with Crippen LogP contribution in [0.2, 0.25) is 0 Å². The molecule has 0 aliphatic rings. The zero-order chi connectivity index (χ0) is 16.1. The molecule has 0 unspecified atom stereocenters. The van der Waals surface area contributed by atoms with Gasteiger partial charge in [0.05, 0.1) is 26.9 Å². The van der Waals surface area contributed by atoms with Crippen LogP contribution in [-0.2, 0) is 0 Å². The van der Waals surface area contributed by atoms with Gasteiger partial charge in [0.15, 0.2) is 11.5 Å². The summed E-state index contributed by atoms with van der Waals surface area (Å²) in [5.74, 6) is 1.20. The van der Waals surface area contributed by atoms with Gasteiger partial charge in [-0.05, 0) is 0 Å². The van der Waals surface area contributed by atoms with E-state index in [0.717, 1.165) is 0 Å². The monoisotopic (exact) mass is 304 g/mol. The van der Waals surface area contributed by atoms with Crippen LogP contribution in [0.4, 0.5) is 11.6 Å². The van der Waals surface area contributed by atoms with Gasteiger partial charge in [-0.3, -0.25) is 4.79 Å². The molecule has 1 amide bonds. The van der Waals surface area contributed by atoms with Crippen molar-refractivity contribution in [2.24, 2.45) is 5.73 Å². The van der Waals surface area contributed by atoms with Crippen LogP contribution in [0.3, 0.4) is 0 Å². The topological polar surface area (TPSA) is 109 Å². The van der Waals surface area contributed by atoms with E-state index in [9.17, 15) is 4.79 Å². The number of rotatable bonds is 6. The van der Waals surface area contributed by atoms with Crippen LogP contribution < -0.4 is 25.3 Å². The highest BCUT2D eigenvalue weighted by molar-refractivity contribution is 5.92. The number of benzene rings is 1. The molecular weight excluding hydrogens is 288 g/mol. The molecule has 22 heavy (non-hydrogen) atoms. The van der Waals surface area contributed by atoms with E-state index >= 15 is 0 Å². The number of hydrogen-bond acceptors (Lipinski definition) is 7. The first-order valence-electron chi connectivity index (χ1n) is 6.28. The quantitative estimate of drug-likeness (QED) is 0.829. The molecule has 0 spiro atoms. The summed E-state index contributed by atoms with van der Waals surface area (Å²) in [6.45, 7) is 0. The summed E-state index contributed by atoms with van der Waals surface area (Å²) >= 11 is 0. The van der Waals surface area contributed by atoms with Crippen LogP contribution in [0, 0.1) is 0 Å². The molecule has 2 aromatic rings. The van der Waals surface area contributed by atoms with E-state index in [0.29, 0.717) is 28.9 Å². The van der Waals surface area contributed by atoms with Crippen molar-refractivity contribution in [3.63, 3.8) is 0 Å². The first-order chi connectivity index (χ1) is 10.6. The summed E-state index contributed by atoms with van der Waals surface area (Å²) in [6, 6.07) is 3.43. The summed E-state index contributed by atoms with van der Waals surface area (Å²) in [6.07, 6.45) is 2.69. The van der Waals surface area contributed by atoms with E-state index in [-0.39, 0.29) is 5.56 Å². The fraction of sp³-hybridized carbons (Fsp3) is 0.214. The number of hydrogen-bond donors (Lipinski definition) is 2. The maximum Gasteiger partial charge on any atom is 0.251 e. The number of ether oxygens (including phenoxy) is 3. The van der Waals surface area contributed by atoms with E-state index in [4.69, 9.17) is 19.9 Å². The molecule has 0 saturated carbocycles. The van der Waals surface area contributed by atoms with Crippen molar-refractivity contribution < 1.29 is 19.0 Å². The lowest BCUT2D eigenvalue weighted by molar-refractivity contribution is 0.0999. The first kappa shape index (κ1) is 15.4. The maximum atomic E-state index is 11.0. The summed E-state index contributed by atoms with van der Waals surface area (Å²) < 4.78 is 15.8. The third-order valence-corrected chi connectivity index (χ3v) is 2.86. The van der Waals surface area contributed by atoms with Crippen LogP contribution in [0.15, 0.2) is 24.5 Å². The molecule has 0 fully saturated rings. The minimum Gasteiger partial charge on any atom is -0.493 e. The minimum absolute atomic E-state index is 0.232. The van der Waals surface area contributed by atoms with Gasteiger partial charge in [-0.15, -0.1) is 0 Å². The summed E-state index contributed by atoms with van der Waals surface area (Å²) in [5, 5.41) is 2.98. The van der Waals surface area contributed by atoms with Crippen molar-refractivity contribution in [2.45, 2.75) is 0 Å². The van der Waals surface area contributed by atoms with Gasteiger partial charge in [0.25, 0.3) is 5.91 Å². The van der Waals surface area contributed by atoms with Gasteiger partial charge >= 0.3 is 0 Å². The number of methoxy groups -OCH3 is 3. The number of nitrogens with two attached hydrogens (primary N) is 1. The summed E-state index contributed by atoms with van der Waals surface area (Å²) in [4.78, 5) is 19.0. The first-order valence-corrected chi connectivity index (χ1v) is 6.28. The third kappa shape index (κ3) is 3.17. The zero-order valence-electron chi connectivity index (χ0n) is 12.4. The average Bonchev–Trinajstić information content (AvgIpc) is 2.54. The Labute approximate surface area is 127 Å². The molecule has 1 aromatic carbocycles. The van der Waals surface area contributed by atoms with Crippen molar-refractivity contribution in [1.29, 1.82) is 0 Å². The van der Waals surface area contributed by atoms with Gasteiger partial charge in [-0.2, -0.15) is 0 Å². The van der Waals surface area contributed by atoms with Crippen LogP contribution in [0.5, 0.6) is 17.2 Å². The molecule has 8 heteroatoms. The second kappa shape index (κ2) is 6.61. The van der Waals surface area contributed by atoms with Gasteiger partial charge in [0.2, 0.25) is 11.7 Å². The molecule has 0 radical (unpaired) electrons. The highest BCUT2D eigenvalue weighted by Gasteiger charge is 2.13. The molecule has 0 saturated heterocycles. The summed E-state index contributed by atoms with van der Waals surface area (Å²) in [5.41, 5.74) is 6.01. The molecule has 1 heterocycles. The molecule has 2 rings (SSSR count). The maximum absolute atomic E-state index is 11.0. The van der Waals surface area contributed by atoms with Crippen LogP contribution >= 0.6 is 0 Å². The minimum atomic E-state index is -0.584. The van der Waals surface area contributed by atoms with E-state index in [2.05, 4.69) is 15.3 Å². The molecule has 3 N–H and O–H groups in total. The van der Waals surface area contributed by atoms with Gasteiger partial charge in [-0.25, -0.2) is 9.97 Å². The van der Waals surface area contributed by atoms with E-state index in [1.165, 1.54) is 33.7 Å². The van der Waals surface area contributed by atoms with Crippen molar-refractivity contribution in [3.05, 3.63) is 30.1 Å². The second-order valence-electron chi connectivity index (χ2n) is 4.20. The molecule has 0 aliphatic heterocycles. The Morgan fingerprint density at radius 3 is 2.00 bits per heavy atom. The molecule has 116 valence electrons. The fourth-order valence-corrected chi connectivity index (χ4v) is 1.80. The predicted molar refractivity (Wildman–Crippen MR) is 79.9 cm³/mol. The van der Waals surface area contributed by atoms with E-state index in [1.54, 1.807) is 12.1 Å². The lowest BCUT2D eigenvalue weighted by Gasteiger charge is -2.14. The number of amides is 1. The Hall–Kier alpha value is -3.03. The van der Waals surface area contributed by atoms with Gasteiger partial charge in [0.1, 0.15) is 0 Å². The van der Waals surface area contributed by atoms with E-state index in [1.807, 2.05) is 0 Å². The van der Waals surface area contributed by atoms with Crippen LogP contribution in [-0.4, -0.2) is 37.2 Å².